The van der Waals surface area contributed by atoms with Crippen LogP contribution < -0.4 is 15.8 Å². The molecule has 0 saturated carbocycles. The summed E-state index contributed by atoms with van der Waals surface area (Å²) < 4.78 is 5.05. The quantitative estimate of drug-likeness (QED) is 0.832. The largest absolute Gasteiger partial charge is 0.467 e. The van der Waals surface area contributed by atoms with E-state index in [0.29, 0.717) is 24.6 Å². The second-order valence-corrected chi connectivity index (χ2v) is 4.91. The molecular weight excluding hydrogens is 258 g/mol. The van der Waals surface area contributed by atoms with Gasteiger partial charge in [0.2, 0.25) is 0 Å². The van der Waals surface area contributed by atoms with Crippen molar-refractivity contribution >= 4 is 11.7 Å². The van der Waals surface area contributed by atoms with Crippen molar-refractivity contribution in [2.24, 2.45) is 5.73 Å². The van der Waals surface area contributed by atoms with Crippen LogP contribution in [0.25, 0.3) is 0 Å². The van der Waals surface area contributed by atoms with E-state index < -0.39 is 0 Å². The monoisotopic (exact) mass is 279 g/mol. The molecule has 1 aliphatic heterocycles. The maximum atomic E-state index is 12.6. The Hall–Kier alpha value is -1.89. The van der Waals surface area contributed by atoms with Crippen molar-refractivity contribution in [3.8, 4) is 6.01 Å². The Balaban J connectivity index is 2.29. The fourth-order valence-corrected chi connectivity index (χ4v) is 2.29. The number of nitrogens with one attached hydrogen (secondary N) is 1. The molecule has 2 rings (SSSR count). The van der Waals surface area contributed by atoms with Gasteiger partial charge in [-0.1, -0.05) is 0 Å². The number of amides is 1. The van der Waals surface area contributed by atoms with Crippen molar-refractivity contribution in [3.63, 3.8) is 0 Å². The van der Waals surface area contributed by atoms with Crippen LogP contribution in [-0.4, -0.2) is 54.1 Å². The van der Waals surface area contributed by atoms with Crippen LogP contribution in [0.3, 0.4) is 0 Å². The second-order valence-electron chi connectivity index (χ2n) is 4.91. The van der Waals surface area contributed by atoms with Crippen molar-refractivity contribution in [2.75, 3.05) is 32.6 Å². The Morgan fingerprint density at radius 2 is 2.05 bits per heavy atom. The third-order valence-electron chi connectivity index (χ3n) is 3.57. The van der Waals surface area contributed by atoms with Crippen LogP contribution in [-0.2, 0) is 0 Å². The average Bonchev–Trinajstić information content (AvgIpc) is 2.47. The summed E-state index contributed by atoms with van der Waals surface area (Å²) in [5.74, 6) is 0.514. The molecule has 0 aliphatic carbocycles. The molecular formula is C13H21N5O2. The topological polar surface area (TPSA) is 93.4 Å². The van der Waals surface area contributed by atoms with E-state index in [9.17, 15) is 4.79 Å². The Labute approximate surface area is 118 Å². The van der Waals surface area contributed by atoms with Crippen LogP contribution in [0.15, 0.2) is 0 Å². The molecule has 1 saturated heterocycles. The van der Waals surface area contributed by atoms with Crippen LogP contribution >= 0.6 is 0 Å². The highest BCUT2D eigenvalue weighted by atomic mass is 16.5. The summed E-state index contributed by atoms with van der Waals surface area (Å²) in [6, 6.07) is 0.380. The van der Waals surface area contributed by atoms with Gasteiger partial charge in [-0.05, 0) is 19.8 Å². The number of nitrogens with zero attached hydrogens (tertiary/aromatic N) is 3. The summed E-state index contributed by atoms with van der Waals surface area (Å²) in [7, 11) is 3.24. The first kappa shape index (κ1) is 14.5. The first-order chi connectivity index (χ1) is 9.56. The van der Waals surface area contributed by atoms with Gasteiger partial charge in [-0.25, -0.2) is 0 Å². The number of ether oxygens (including phenoxy) is 1. The lowest BCUT2D eigenvalue weighted by Gasteiger charge is -2.30. The minimum Gasteiger partial charge on any atom is -0.467 e. The van der Waals surface area contributed by atoms with E-state index in [1.54, 1.807) is 11.9 Å². The molecule has 1 amide bonds. The lowest BCUT2D eigenvalue weighted by Crippen LogP contribution is -2.43. The van der Waals surface area contributed by atoms with Gasteiger partial charge < -0.3 is 20.7 Å². The van der Waals surface area contributed by atoms with Crippen LogP contribution in [0.1, 0.15) is 28.9 Å². The highest BCUT2D eigenvalue weighted by Gasteiger charge is 2.25. The number of anilines is 1. The zero-order valence-electron chi connectivity index (χ0n) is 12.1. The lowest BCUT2D eigenvalue weighted by molar-refractivity contribution is 0.0706. The molecule has 0 atom stereocenters. The molecule has 20 heavy (non-hydrogen) atoms. The van der Waals surface area contributed by atoms with Crippen LogP contribution in [0.4, 0.5) is 5.82 Å². The van der Waals surface area contributed by atoms with E-state index in [4.69, 9.17) is 10.5 Å². The normalized spacial score (nSPS) is 16.1. The van der Waals surface area contributed by atoms with E-state index in [1.807, 2.05) is 6.92 Å². The van der Waals surface area contributed by atoms with Crippen molar-refractivity contribution < 1.29 is 9.53 Å². The molecule has 7 nitrogen and oxygen atoms in total. The minimum atomic E-state index is -0.0911. The van der Waals surface area contributed by atoms with Gasteiger partial charge in [0.25, 0.3) is 5.91 Å². The number of carbonyl (C=O) groups excluding carboxylic acids is 1. The number of piperidine rings is 1. The van der Waals surface area contributed by atoms with Crippen LogP contribution in [0, 0.1) is 6.92 Å². The van der Waals surface area contributed by atoms with E-state index >= 15 is 0 Å². The number of methoxy groups -OCH3 is 1. The lowest BCUT2D eigenvalue weighted by atomic mass is 10.1. The van der Waals surface area contributed by atoms with Gasteiger partial charge in [-0.3, -0.25) is 4.79 Å². The molecule has 110 valence electrons. The highest BCUT2D eigenvalue weighted by molar-refractivity contribution is 5.95. The van der Waals surface area contributed by atoms with Gasteiger partial charge in [0, 0.05) is 31.7 Å². The minimum absolute atomic E-state index is 0.0911. The predicted octanol–water partition coefficient (Wildman–Crippen LogP) is 0.399. The summed E-state index contributed by atoms with van der Waals surface area (Å²) >= 11 is 0. The zero-order chi connectivity index (χ0) is 14.7. The molecule has 7 heteroatoms. The van der Waals surface area contributed by atoms with E-state index in [1.165, 1.54) is 7.11 Å². The van der Waals surface area contributed by atoms with E-state index in [0.717, 1.165) is 18.4 Å². The Morgan fingerprint density at radius 3 is 2.60 bits per heavy atom. The molecule has 1 aromatic heterocycles. The van der Waals surface area contributed by atoms with Crippen molar-refractivity contribution in [1.82, 2.24) is 14.9 Å². The molecule has 2 heterocycles. The molecule has 0 radical (unpaired) electrons. The maximum Gasteiger partial charge on any atom is 0.318 e. The number of rotatable bonds is 3. The second kappa shape index (κ2) is 6.04. The Bertz CT molecular complexity index is 498. The van der Waals surface area contributed by atoms with E-state index in [2.05, 4.69) is 15.3 Å². The third kappa shape index (κ3) is 2.82. The standard InChI is InChI=1S/C13H21N5O2/c1-8-10(16-13(20-3)17-11(8)15-2)12(19)18-6-4-9(14)5-7-18/h9H,4-7,14H2,1-3H3,(H,15,16,17). The smallest absolute Gasteiger partial charge is 0.318 e. The summed E-state index contributed by atoms with van der Waals surface area (Å²) in [4.78, 5) is 22.7. The molecule has 1 fully saturated rings. The SMILES string of the molecule is CNc1nc(OC)nc(C(=O)N2CCC(N)CC2)c1C. The number of nitrogens with two attached hydrogens (primary N) is 1. The number of hydrogen-bond donors (Lipinski definition) is 2. The van der Waals surface area contributed by atoms with Crippen molar-refractivity contribution in [3.05, 3.63) is 11.3 Å². The zero-order valence-corrected chi connectivity index (χ0v) is 12.1. The van der Waals surface area contributed by atoms with Crippen LogP contribution in [0.5, 0.6) is 6.01 Å². The van der Waals surface area contributed by atoms with Gasteiger partial charge >= 0.3 is 6.01 Å². The van der Waals surface area contributed by atoms with Gasteiger partial charge in [0.15, 0.2) is 0 Å². The fraction of sp³-hybridized carbons (Fsp3) is 0.615. The van der Waals surface area contributed by atoms with Crippen LogP contribution in [0.2, 0.25) is 0 Å². The van der Waals surface area contributed by atoms with Gasteiger partial charge in [0.1, 0.15) is 11.5 Å². The van der Waals surface area contributed by atoms with Crippen molar-refractivity contribution in [2.45, 2.75) is 25.8 Å². The van der Waals surface area contributed by atoms with Gasteiger partial charge in [0.05, 0.1) is 7.11 Å². The highest BCUT2D eigenvalue weighted by Crippen LogP contribution is 2.21. The number of aromatic nitrogens is 2. The Morgan fingerprint density at radius 1 is 1.40 bits per heavy atom. The predicted molar refractivity (Wildman–Crippen MR) is 76.0 cm³/mol. The molecule has 1 aliphatic rings. The number of carbonyl (C=O) groups is 1. The van der Waals surface area contributed by atoms with Crippen molar-refractivity contribution in [1.29, 1.82) is 0 Å². The van der Waals surface area contributed by atoms with Gasteiger partial charge in [-0.15, -0.1) is 0 Å². The Kier molecular flexibility index (Phi) is 4.39. The summed E-state index contributed by atoms with van der Waals surface area (Å²) in [6.07, 6.45) is 1.65. The first-order valence-electron chi connectivity index (χ1n) is 6.72. The molecule has 0 spiro atoms. The summed E-state index contributed by atoms with van der Waals surface area (Å²) in [5.41, 5.74) is 6.98. The summed E-state index contributed by atoms with van der Waals surface area (Å²) in [5, 5.41) is 2.95. The third-order valence-corrected chi connectivity index (χ3v) is 3.57. The molecule has 3 N–H and O–H groups in total. The number of likely N-dealkylation sites (tertiary alicyclic amines) is 1. The molecule has 0 bridgehead atoms. The molecule has 0 unspecified atom stereocenters. The van der Waals surface area contributed by atoms with Gasteiger partial charge in [-0.2, -0.15) is 9.97 Å². The fourth-order valence-electron chi connectivity index (χ4n) is 2.29. The van der Waals surface area contributed by atoms with E-state index in [-0.39, 0.29) is 18.0 Å². The number of hydrogen-bond acceptors (Lipinski definition) is 6. The molecule has 1 aromatic rings. The molecule has 0 aromatic carbocycles. The first-order valence-corrected chi connectivity index (χ1v) is 6.72. The maximum absolute atomic E-state index is 12.6. The average molecular weight is 279 g/mol. The summed E-state index contributed by atoms with van der Waals surface area (Å²) in [6.45, 7) is 3.16.